The molecule has 0 spiro atoms. The van der Waals surface area contributed by atoms with E-state index in [1.807, 2.05) is 55.5 Å². The highest BCUT2D eigenvalue weighted by Crippen LogP contribution is 2.27. The molecule has 1 aliphatic rings. The molecule has 1 saturated heterocycles. The van der Waals surface area contributed by atoms with Crippen LogP contribution in [0, 0.1) is 6.92 Å². The first kappa shape index (κ1) is 19.8. The predicted octanol–water partition coefficient (Wildman–Crippen LogP) is 3.13. The molecular weight excluding hydrogens is 412 g/mol. The van der Waals surface area contributed by atoms with Crippen molar-refractivity contribution in [2.45, 2.75) is 12.1 Å². The number of hydrogen-bond donors (Lipinski definition) is 1. The number of aromatic nitrogens is 3. The molecule has 2 aromatic heterocycles. The summed E-state index contributed by atoms with van der Waals surface area (Å²) >= 11 is 1.30. The van der Waals surface area contributed by atoms with E-state index in [1.54, 1.807) is 9.47 Å². The van der Waals surface area contributed by atoms with Crippen molar-refractivity contribution in [1.82, 2.24) is 19.4 Å². The lowest BCUT2D eigenvalue weighted by Crippen LogP contribution is -2.41. The molecule has 158 valence electrons. The van der Waals surface area contributed by atoms with Crippen molar-refractivity contribution in [2.75, 3.05) is 32.1 Å². The first-order valence-electron chi connectivity index (χ1n) is 10.2. The molecule has 0 aliphatic carbocycles. The number of ether oxygens (including phenoxy) is 1. The van der Waals surface area contributed by atoms with Crippen LogP contribution < -0.4 is 5.56 Å². The van der Waals surface area contributed by atoms with E-state index in [-0.39, 0.29) is 17.2 Å². The smallest absolute Gasteiger partial charge is 0.283 e. The molecule has 31 heavy (non-hydrogen) atoms. The first-order valence-corrected chi connectivity index (χ1v) is 11.2. The van der Waals surface area contributed by atoms with Crippen LogP contribution in [0.15, 0.2) is 58.5 Å². The summed E-state index contributed by atoms with van der Waals surface area (Å²) in [6.45, 7) is 4.27. The minimum Gasteiger partial charge on any atom is -0.378 e. The second-order valence-corrected chi connectivity index (χ2v) is 8.44. The van der Waals surface area contributed by atoms with Crippen molar-refractivity contribution in [3.8, 4) is 5.69 Å². The fraction of sp³-hybridized carbons (Fsp3) is 0.261. The van der Waals surface area contributed by atoms with Crippen molar-refractivity contribution in [3.05, 3.63) is 64.4 Å². The zero-order valence-electron chi connectivity index (χ0n) is 17.1. The van der Waals surface area contributed by atoms with E-state index in [1.165, 1.54) is 11.8 Å². The normalized spacial score (nSPS) is 14.4. The minimum atomic E-state index is -0.170. The van der Waals surface area contributed by atoms with Crippen LogP contribution in [0.2, 0.25) is 0 Å². The Morgan fingerprint density at radius 3 is 2.68 bits per heavy atom. The summed E-state index contributed by atoms with van der Waals surface area (Å²) in [4.78, 5) is 36.2. The number of carbonyl (C=O) groups excluding carboxylic acids is 1. The number of thioether (sulfide) groups is 1. The number of amides is 1. The van der Waals surface area contributed by atoms with Gasteiger partial charge in [0.25, 0.3) is 5.56 Å². The van der Waals surface area contributed by atoms with E-state index in [0.29, 0.717) is 42.5 Å². The highest BCUT2D eigenvalue weighted by molar-refractivity contribution is 7.99. The number of hydrogen-bond acceptors (Lipinski definition) is 5. The van der Waals surface area contributed by atoms with Crippen LogP contribution in [-0.4, -0.2) is 57.4 Å². The van der Waals surface area contributed by atoms with Crippen molar-refractivity contribution >= 4 is 39.6 Å². The molecule has 3 heterocycles. The number of nitrogens with zero attached hydrogens (tertiary/aromatic N) is 3. The molecule has 1 fully saturated rings. The van der Waals surface area contributed by atoms with Crippen LogP contribution >= 0.6 is 11.8 Å². The summed E-state index contributed by atoms with van der Waals surface area (Å²) in [5, 5.41) is 1.41. The number of benzene rings is 2. The quantitative estimate of drug-likeness (QED) is 0.394. The lowest BCUT2D eigenvalue weighted by molar-refractivity contribution is -0.132. The van der Waals surface area contributed by atoms with Crippen LogP contribution in [0.5, 0.6) is 0 Å². The minimum absolute atomic E-state index is 0.0258. The number of aromatic amines is 1. The second-order valence-electron chi connectivity index (χ2n) is 7.50. The maximum atomic E-state index is 13.6. The first-order chi connectivity index (χ1) is 15.1. The molecule has 8 heteroatoms. The summed E-state index contributed by atoms with van der Waals surface area (Å²) in [6.07, 6.45) is 0. The number of nitrogens with one attached hydrogen (secondary N) is 1. The molecule has 0 radical (unpaired) electrons. The van der Waals surface area contributed by atoms with Gasteiger partial charge in [-0.1, -0.05) is 48.2 Å². The standard InChI is InChI=1S/C23H22N4O3S/c1-15-6-2-5-9-18(15)27-22(29)21-20(16-7-3-4-8-17(16)24-21)25-23(27)31-14-19(28)26-10-12-30-13-11-26/h2-9,24H,10-14H2,1H3. The Morgan fingerprint density at radius 1 is 1.13 bits per heavy atom. The number of aryl methyl sites for hydroxylation is 1. The molecular formula is C23H22N4O3S. The average molecular weight is 435 g/mol. The van der Waals surface area contributed by atoms with Crippen LogP contribution in [0.1, 0.15) is 5.56 Å². The van der Waals surface area contributed by atoms with E-state index in [0.717, 1.165) is 22.2 Å². The van der Waals surface area contributed by atoms with Crippen LogP contribution in [0.25, 0.3) is 27.6 Å². The Kier molecular flexibility index (Phi) is 5.25. The van der Waals surface area contributed by atoms with Gasteiger partial charge in [0.15, 0.2) is 5.16 Å². The van der Waals surface area contributed by atoms with Gasteiger partial charge in [0.1, 0.15) is 11.0 Å². The number of carbonyl (C=O) groups is 1. The molecule has 0 atom stereocenters. The van der Waals surface area contributed by atoms with E-state index in [2.05, 4.69) is 4.98 Å². The molecule has 0 saturated carbocycles. The Hall–Kier alpha value is -3.10. The fourth-order valence-corrected chi connectivity index (χ4v) is 4.80. The van der Waals surface area contributed by atoms with Crippen LogP contribution in [0.3, 0.4) is 0 Å². The second kappa shape index (κ2) is 8.20. The number of para-hydroxylation sites is 2. The zero-order chi connectivity index (χ0) is 21.4. The Balaban J connectivity index is 1.63. The van der Waals surface area contributed by atoms with Gasteiger partial charge in [-0.3, -0.25) is 14.2 Å². The highest BCUT2D eigenvalue weighted by Gasteiger charge is 2.21. The monoisotopic (exact) mass is 434 g/mol. The molecule has 0 unspecified atom stereocenters. The van der Waals surface area contributed by atoms with E-state index < -0.39 is 0 Å². The van der Waals surface area contributed by atoms with Crippen LogP contribution in [0.4, 0.5) is 0 Å². The predicted molar refractivity (Wildman–Crippen MR) is 122 cm³/mol. The number of H-pyrrole nitrogens is 1. The maximum Gasteiger partial charge on any atom is 0.283 e. The molecule has 0 bridgehead atoms. The molecule has 1 N–H and O–H groups in total. The van der Waals surface area contributed by atoms with E-state index >= 15 is 0 Å². The van der Waals surface area contributed by atoms with Gasteiger partial charge < -0.3 is 14.6 Å². The van der Waals surface area contributed by atoms with E-state index in [4.69, 9.17) is 9.72 Å². The third-order valence-electron chi connectivity index (χ3n) is 5.54. The summed E-state index contributed by atoms with van der Waals surface area (Å²) in [6, 6.07) is 15.4. The lowest BCUT2D eigenvalue weighted by atomic mass is 10.2. The van der Waals surface area contributed by atoms with Gasteiger partial charge in [-0.25, -0.2) is 4.98 Å². The summed E-state index contributed by atoms with van der Waals surface area (Å²) in [5.41, 5.74) is 3.52. The largest absolute Gasteiger partial charge is 0.378 e. The summed E-state index contributed by atoms with van der Waals surface area (Å²) in [7, 11) is 0. The van der Waals surface area contributed by atoms with Gasteiger partial charge in [0.05, 0.1) is 24.7 Å². The van der Waals surface area contributed by atoms with Crippen molar-refractivity contribution < 1.29 is 9.53 Å². The molecule has 2 aromatic carbocycles. The van der Waals surface area contributed by atoms with Crippen molar-refractivity contribution in [2.24, 2.45) is 0 Å². The van der Waals surface area contributed by atoms with Crippen LogP contribution in [-0.2, 0) is 9.53 Å². The van der Waals surface area contributed by atoms with E-state index in [9.17, 15) is 9.59 Å². The summed E-state index contributed by atoms with van der Waals surface area (Å²) < 4.78 is 6.95. The third kappa shape index (κ3) is 3.62. The van der Waals surface area contributed by atoms with Gasteiger partial charge in [0, 0.05) is 24.0 Å². The lowest BCUT2D eigenvalue weighted by Gasteiger charge is -2.26. The van der Waals surface area contributed by atoms with Gasteiger partial charge in [-0.2, -0.15) is 0 Å². The van der Waals surface area contributed by atoms with Crippen molar-refractivity contribution in [1.29, 1.82) is 0 Å². The van der Waals surface area contributed by atoms with Gasteiger partial charge in [0.2, 0.25) is 5.91 Å². The maximum absolute atomic E-state index is 13.6. The number of rotatable bonds is 4. The molecule has 5 rings (SSSR count). The van der Waals surface area contributed by atoms with Gasteiger partial charge >= 0.3 is 0 Å². The molecule has 1 amide bonds. The zero-order valence-corrected chi connectivity index (χ0v) is 17.9. The molecule has 7 nitrogen and oxygen atoms in total. The van der Waals surface area contributed by atoms with Gasteiger partial charge in [-0.05, 0) is 24.6 Å². The Morgan fingerprint density at radius 2 is 1.87 bits per heavy atom. The third-order valence-corrected chi connectivity index (χ3v) is 6.46. The number of morpholine rings is 1. The average Bonchev–Trinajstić information content (AvgIpc) is 3.18. The SMILES string of the molecule is Cc1ccccc1-n1c(SCC(=O)N2CCOCC2)nc2c([nH]c3ccccc32)c1=O. The topological polar surface area (TPSA) is 80.2 Å². The number of fused-ring (bicyclic) bond motifs is 3. The molecule has 1 aliphatic heterocycles. The molecule has 4 aromatic rings. The summed E-state index contributed by atoms with van der Waals surface area (Å²) in [5.74, 6) is 0.240. The Bertz CT molecular complexity index is 1340. The fourth-order valence-electron chi connectivity index (χ4n) is 3.90. The van der Waals surface area contributed by atoms with Crippen molar-refractivity contribution in [3.63, 3.8) is 0 Å². The van der Waals surface area contributed by atoms with Gasteiger partial charge in [-0.15, -0.1) is 0 Å². The highest BCUT2D eigenvalue weighted by atomic mass is 32.2. The Labute approximate surface area is 183 Å².